The molecule has 1 amide bonds. The normalized spacial score (nSPS) is 19.9. The zero-order valence-electron chi connectivity index (χ0n) is 18.5. The summed E-state index contributed by atoms with van der Waals surface area (Å²) in [5.41, 5.74) is 5.45. The van der Waals surface area contributed by atoms with E-state index in [1.165, 1.54) is 17.7 Å². The topological polar surface area (TPSA) is 86.3 Å². The second-order valence-electron chi connectivity index (χ2n) is 8.54. The Kier molecular flexibility index (Phi) is 5.22. The second-order valence-corrected chi connectivity index (χ2v) is 8.54. The third-order valence-corrected chi connectivity index (χ3v) is 6.45. The fourth-order valence-electron chi connectivity index (χ4n) is 4.73. The van der Waals surface area contributed by atoms with E-state index in [1.807, 2.05) is 12.1 Å². The zero-order chi connectivity index (χ0) is 22.2. The van der Waals surface area contributed by atoms with Crippen LogP contribution < -0.4 is 15.5 Å². The van der Waals surface area contributed by atoms with Gasteiger partial charge in [-0.1, -0.05) is 0 Å². The molecule has 3 aromatic rings. The van der Waals surface area contributed by atoms with Gasteiger partial charge in [0.1, 0.15) is 5.69 Å². The van der Waals surface area contributed by atoms with Gasteiger partial charge in [-0.15, -0.1) is 0 Å². The van der Waals surface area contributed by atoms with Gasteiger partial charge in [0.05, 0.1) is 5.69 Å². The van der Waals surface area contributed by atoms with Crippen LogP contribution in [0.2, 0.25) is 0 Å². The number of likely N-dealkylation sites (N-methyl/N-ethyl adjacent to an activating group) is 1. The summed E-state index contributed by atoms with van der Waals surface area (Å²) in [4.78, 5) is 29.9. The molecule has 8 nitrogen and oxygen atoms in total. The largest absolute Gasteiger partial charge is 0.365 e. The highest BCUT2D eigenvalue weighted by atomic mass is 16.1. The number of hydrogen-bond acceptors (Lipinski definition) is 7. The van der Waals surface area contributed by atoms with Gasteiger partial charge in [0.15, 0.2) is 0 Å². The minimum absolute atomic E-state index is 0.214. The van der Waals surface area contributed by atoms with Crippen LogP contribution in [-0.4, -0.2) is 65.0 Å². The molecule has 2 aliphatic rings. The van der Waals surface area contributed by atoms with Crippen molar-refractivity contribution in [1.82, 2.24) is 25.2 Å². The second kappa shape index (κ2) is 8.20. The number of carbonyl (C=O) groups excluding carboxylic acids is 1. The quantitative estimate of drug-likeness (QED) is 0.645. The van der Waals surface area contributed by atoms with Crippen molar-refractivity contribution in [3.63, 3.8) is 0 Å². The van der Waals surface area contributed by atoms with Crippen LogP contribution in [0.1, 0.15) is 22.5 Å². The number of anilines is 3. The molecule has 0 saturated carbocycles. The van der Waals surface area contributed by atoms with E-state index < -0.39 is 0 Å². The highest BCUT2D eigenvalue weighted by molar-refractivity contribution is 5.92. The molecule has 0 radical (unpaired) electrons. The summed E-state index contributed by atoms with van der Waals surface area (Å²) >= 11 is 0. The molecule has 0 spiro atoms. The summed E-state index contributed by atoms with van der Waals surface area (Å²) in [5.74, 6) is 0.307. The van der Waals surface area contributed by atoms with Crippen molar-refractivity contribution in [2.24, 2.45) is 0 Å². The molecule has 164 valence electrons. The first kappa shape index (κ1) is 20.4. The Morgan fingerprint density at radius 1 is 1.09 bits per heavy atom. The van der Waals surface area contributed by atoms with E-state index in [4.69, 9.17) is 0 Å². The number of hydrogen-bond donors (Lipinski definition) is 2. The van der Waals surface area contributed by atoms with Gasteiger partial charge in [0.25, 0.3) is 5.91 Å². The number of aromatic nitrogens is 3. The van der Waals surface area contributed by atoms with Gasteiger partial charge in [-0.25, -0.2) is 9.97 Å². The Labute approximate surface area is 187 Å². The first-order chi connectivity index (χ1) is 15.5. The molecule has 0 unspecified atom stereocenters. The average molecular weight is 430 g/mol. The molecule has 2 aliphatic heterocycles. The molecule has 2 saturated heterocycles. The molecule has 1 aromatic carbocycles. The predicted molar refractivity (Wildman–Crippen MR) is 125 cm³/mol. The molecule has 32 heavy (non-hydrogen) atoms. The minimum Gasteiger partial charge on any atom is -0.365 e. The number of aryl methyl sites for hydroxylation is 1. The number of rotatable bonds is 5. The molecule has 0 aliphatic carbocycles. The van der Waals surface area contributed by atoms with Crippen molar-refractivity contribution in [3.05, 3.63) is 60.0 Å². The van der Waals surface area contributed by atoms with E-state index >= 15 is 0 Å². The molecule has 5 rings (SSSR count). The Morgan fingerprint density at radius 2 is 1.97 bits per heavy atom. The lowest BCUT2D eigenvalue weighted by Gasteiger charge is -2.34. The lowest BCUT2D eigenvalue weighted by atomic mass is 10.1. The highest BCUT2D eigenvalue weighted by Gasteiger charge is 2.41. The van der Waals surface area contributed by atoms with E-state index in [0.717, 1.165) is 30.0 Å². The smallest absolute Gasteiger partial charge is 0.269 e. The first-order valence-electron chi connectivity index (χ1n) is 10.9. The number of pyridine rings is 1. The number of amides is 1. The van der Waals surface area contributed by atoms with Crippen molar-refractivity contribution in [1.29, 1.82) is 0 Å². The number of carbonyl (C=O) groups is 1. The molecule has 2 bridgehead atoms. The van der Waals surface area contributed by atoms with Gasteiger partial charge in [-0.05, 0) is 62.4 Å². The van der Waals surface area contributed by atoms with E-state index in [1.54, 1.807) is 25.5 Å². The van der Waals surface area contributed by atoms with Gasteiger partial charge < -0.3 is 15.5 Å². The average Bonchev–Trinajstić information content (AvgIpc) is 3.38. The maximum Gasteiger partial charge on any atom is 0.269 e. The van der Waals surface area contributed by atoms with Crippen molar-refractivity contribution in [3.8, 4) is 11.3 Å². The standard InChI is InChI=1S/C24H27N7O/c1-15-10-17(5-7-22(15)31-14-18-11-19(31)13-30(18)3)28-24-26-9-8-20(29-24)16-4-6-21(27-12-16)23(32)25-2/h4-10,12,18-19H,11,13-14H2,1-3H3,(H,25,32)(H,26,28,29)/t18-,19-/m0/s1. The third kappa shape index (κ3) is 3.78. The van der Waals surface area contributed by atoms with Gasteiger partial charge >= 0.3 is 0 Å². The fourth-order valence-corrected chi connectivity index (χ4v) is 4.73. The van der Waals surface area contributed by atoms with Crippen LogP contribution in [0.3, 0.4) is 0 Å². The monoisotopic (exact) mass is 429 g/mol. The summed E-state index contributed by atoms with van der Waals surface area (Å²) in [7, 11) is 3.81. The van der Waals surface area contributed by atoms with Crippen molar-refractivity contribution >= 4 is 23.2 Å². The van der Waals surface area contributed by atoms with Crippen LogP contribution in [-0.2, 0) is 0 Å². The van der Waals surface area contributed by atoms with Crippen LogP contribution in [0.5, 0.6) is 0 Å². The maximum atomic E-state index is 11.7. The summed E-state index contributed by atoms with van der Waals surface area (Å²) < 4.78 is 0. The molecule has 2 N–H and O–H groups in total. The van der Waals surface area contributed by atoms with Crippen LogP contribution in [0.15, 0.2) is 48.8 Å². The van der Waals surface area contributed by atoms with Crippen LogP contribution in [0, 0.1) is 6.92 Å². The number of nitrogens with one attached hydrogen (secondary N) is 2. The van der Waals surface area contributed by atoms with Gasteiger partial charge in [-0.2, -0.15) is 0 Å². The Bertz CT molecular complexity index is 1150. The van der Waals surface area contributed by atoms with Crippen molar-refractivity contribution in [2.75, 3.05) is 37.4 Å². The van der Waals surface area contributed by atoms with E-state index in [0.29, 0.717) is 23.7 Å². The van der Waals surface area contributed by atoms with E-state index in [2.05, 4.69) is 67.6 Å². The molecule has 2 fully saturated rings. The fraction of sp³-hybridized carbons (Fsp3) is 0.333. The number of benzene rings is 1. The zero-order valence-corrected chi connectivity index (χ0v) is 18.5. The minimum atomic E-state index is -0.214. The Morgan fingerprint density at radius 3 is 2.62 bits per heavy atom. The molecule has 2 atom stereocenters. The Balaban J connectivity index is 1.32. The third-order valence-electron chi connectivity index (χ3n) is 6.45. The number of piperazine rings is 1. The summed E-state index contributed by atoms with van der Waals surface area (Å²) in [6, 6.07) is 13.1. The van der Waals surface area contributed by atoms with Crippen LogP contribution in [0.4, 0.5) is 17.3 Å². The summed E-state index contributed by atoms with van der Waals surface area (Å²) in [5, 5.41) is 5.89. The molecular weight excluding hydrogens is 402 g/mol. The van der Waals surface area contributed by atoms with Gasteiger partial charge in [-0.3, -0.25) is 14.7 Å². The van der Waals surface area contributed by atoms with E-state index in [9.17, 15) is 4.79 Å². The van der Waals surface area contributed by atoms with Crippen molar-refractivity contribution < 1.29 is 4.79 Å². The van der Waals surface area contributed by atoms with E-state index in [-0.39, 0.29) is 5.91 Å². The van der Waals surface area contributed by atoms with Crippen LogP contribution in [0.25, 0.3) is 11.3 Å². The predicted octanol–water partition coefficient (Wildman–Crippen LogP) is 2.84. The highest BCUT2D eigenvalue weighted by Crippen LogP contribution is 2.36. The van der Waals surface area contributed by atoms with Gasteiger partial charge in [0, 0.05) is 61.6 Å². The summed E-state index contributed by atoms with van der Waals surface area (Å²) in [6.07, 6.45) is 4.63. The number of likely N-dealkylation sites (tertiary alicyclic amines) is 1. The summed E-state index contributed by atoms with van der Waals surface area (Å²) in [6.45, 7) is 4.41. The molecule has 4 heterocycles. The maximum absolute atomic E-state index is 11.7. The molecule has 8 heteroatoms. The van der Waals surface area contributed by atoms with Gasteiger partial charge in [0.2, 0.25) is 5.95 Å². The number of fused-ring (bicyclic) bond motifs is 2. The molecule has 2 aromatic heterocycles. The SMILES string of the molecule is CNC(=O)c1ccc(-c2ccnc(Nc3ccc(N4C[C@@H]5C[C@H]4CN5C)c(C)c3)n2)cn1. The lowest BCUT2D eigenvalue weighted by molar-refractivity contribution is 0.0958. The number of nitrogens with zero attached hydrogens (tertiary/aromatic N) is 5. The lowest BCUT2D eigenvalue weighted by Crippen LogP contribution is -2.44. The molecular formula is C24H27N7O. The first-order valence-corrected chi connectivity index (χ1v) is 10.9. The Hall–Kier alpha value is -3.52. The van der Waals surface area contributed by atoms with Crippen LogP contribution >= 0.6 is 0 Å². The van der Waals surface area contributed by atoms with Crippen molar-refractivity contribution in [2.45, 2.75) is 25.4 Å².